The molecule has 1 aromatic rings. The van der Waals surface area contributed by atoms with Crippen molar-refractivity contribution in [3.8, 4) is 0 Å². The van der Waals surface area contributed by atoms with Crippen LogP contribution in [0.25, 0.3) is 0 Å². The molecule has 1 aliphatic heterocycles. The van der Waals surface area contributed by atoms with E-state index in [9.17, 15) is 13.6 Å². The molecule has 1 saturated heterocycles. The van der Waals surface area contributed by atoms with Crippen LogP contribution < -0.4 is 0 Å². The first kappa shape index (κ1) is 14.9. The summed E-state index contributed by atoms with van der Waals surface area (Å²) in [6.07, 6.45) is 0. The van der Waals surface area contributed by atoms with E-state index in [-0.39, 0.29) is 18.2 Å². The average Bonchev–Trinajstić information content (AvgIpc) is 2.38. The lowest BCUT2D eigenvalue weighted by Gasteiger charge is -2.37. The van der Waals surface area contributed by atoms with Crippen LogP contribution in [0.1, 0.15) is 18.5 Å². The number of carboxylic acids is 1. The van der Waals surface area contributed by atoms with Gasteiger partial charge in [0.2, 0.25) is 0 Å². The van der Waals surface area contributed by atoms with Crippen LogP contribution in [0.2, 0.25) is 0 Å². The zero-order valence-corrected chi connectivity index (χ0v) is 11.4. The van der Waals surface area contributed by atoms with E-state index < -0.39 is 17.6 Å². The van der Waals surface area contributed by atoms with Gasteiger partial charge in [0.1, 0.15) is 11.6 Å². The lowest BCUT2D eigenvalue weighted by atomic mass is 10.0. The van der Waals surface area contributed by atoms with Crippen LogP contribution in [0.5, 0.6) is 0 Å². The first-order chi connectivity index (χ1) is 9.49. The van der Waals surface area contributed by atoms with Crippen molar-refractivity contribution >= 4 is 5.97 Å². The zero-order valence-electron chi connectivity index (χ0n) is 11.4. The topological polar surface area (TPSA) is 43.8 Å². The molecule has 1 N–H and O–H groups in total. The zero-order chi connectivity index (χ0) is 14.7. The van der Waals surface area contributed by atoms with E-state index in [2.05, 4.69) is 0 Å². The maximum atomic E-state index is 13.7. The maximum Gasteiger partial charge on any atom is 0.317 e. The fraction of sp³-hybridized carbons (Fsp3) is 0.500. The molecule has 0 saturated carbocycles. The number of nitrogens with zero attached hydrogens (tertiary/aromatic N) is 2. The lowest BCUT2D eigenvalue weighted by Crippen LogP contribution is -2.48. The molecule has 0 bridgehead atoms. The number of hydrogen-bond acceptors (Lipinski definition) is 3. The van der Waals surface area contributed by atoms with Crippen molar-refractivity contribution in [2.45, 2.75) is 13.0 Å². The third-order valence-electron chi connectivity index (χ3n) is 3.73. The molecule has 0 radical (unpaired) electrons. The van der Waals surface area contributed by atoms with Gasteiger partial charge < -0.3 is 5.11 Å². The Morgan fingerprint density at radius 3 is 2.30 bits per heavy atom. The predicted molar refractivity (Wildman–Crippen MR) is 70.4 cm³/mol. The Morgan fingerprint density at radius 2 is 1.80 bits per heavy atom. The molecule has 110 valence electrons. The summed E-state index contributed by atoms with van der Waals surface area (Å²) in [4.78, 5) is 14.4. The number of hydrogen-bond donors (Lipinski definition) is 1. The number of benzene rings is 1. The Labute approximate surface area is 116 Å². The van der Waals surface area contributed by atoms with Gasteiger partial charge in [0.15, 0.2) is 0 Å². The molecule has 0 aliphatic carbocycles. The van der Waals surface area contributed by atoms with Crippen LogP contribution in [-0.2, 0) is 4.79 Å². The summed E-state index contributed by atoms with van der Waals surface area (Å²) in [5.74, 6) is -1.93. The second-order valence-corrected chi connectivity index (χ2v) is 5.02. The van der Waals surface area contributed by atoms with Crippen LogP contribution in [0.4, 0.5) is 8.78 Å². The predicted octanol–water partition coefficient (Wildman–Crippen LogP) is 1.73. The van der Waals surface area contributed by atoms with Gasteiger partial charge in [-0.15, -0.1) is 0 Å². The summed E-state index contributed by atoms with van der Waals surface area (Å²) < 4.78 is 27.5. The first-order valence-electron chi connectivity index (χ1n) is 6.61. The van der Waals surface area contributed by atoms with E-state index in [1.54, 1.807) is 6.92 Å². The van der Waals surface area contributed by atoms with Crippen LogP contribution in [0, 0.1) is 11.6 Å². The van der Waals surface area contributed by atoms with E-state index in [1.165, 1.54) is 18.2 Å². The molecule has 1 aliphatic rings. The van der Waals surface area contributed by atoms with Gasteiger partial charge in [-0.25, -0.2) is 8.78 Å². The molecule has 20 heavy (non-hydrogen) atoms. The van der Waals surface area contributed by atoms with Crippen molar-refractivity contribution in [2.75, 3.05) is 32.7 Å². The van der Waals surface area contributed by atoms with Crippen LogP contribution in [0.15, 0.2) is 18.2 Å². The van der Waals surface area contributed by atoms with Gasteiger partial charge in [-0.05, 0) is 19.1 Å². The van der Waals surface area contributed by atoms with E-state index in [1.807, 2.05) is 9.80 Å². The molecule has 1 unspecified atom stereocenters. The summed E-state index contributed by atoms with van der Waals surface area (Å²) in [5.41, 5.74) is 0.0826. The van der Waals surface area contributed by atoms with Gasteiger partial charge in [-0.3, -0.25) is 14.6 Å². The molecule has 1 atom stereocenters. The van der Waals surface area contributed by atoms with Gasteiger partial charge >= 0.3 is 5.97 Å². The number of aliphatic carboxylic acids is 1. The summed E-state index contributed by atoms with van der Waals surface area (Å²) in [6.45, 7) is 4.16. The molecule has 0 spiro atoms. The monoisotopic (exact) mass is 284 g/mol. The van der Waals surface area contributed by atoms with Crippen molar-refractivity contribution < 1.29 is 18.7 Å². The maximum absolute atomic E-state index is 13.7. The molecule has 1 aromatic carbocycles. The minimum absolute atomic E-state index is 0.0102. The summed E-state index contributed by atoms with van der Waals surface area (Å²) >= 11 is 0. The number of carboxylic acid groups (broad SMARTS) is 1. The Hall–Kier alpha value is -1.53. The normalized spacial score (nSPS) is 18.9. The minimum atomic E-state index is -0.855. The number of halogens is 2. The first-order valence-corrected chi connectivity index (χ1v) is 6.61. The molecule has 1 heterocycles. The quantitative estimate of drug-likeness (QED) is 0.914. The molecule has 0 aromatic heterocycles. The highest BCUT2D eigenvalue weighted by atomic mass is 19.1. The van der Waals surface area contributed by atoms with Gasteiger partial charge in [0, 0.05) is 37.8 Å². The third-order valence-corrected chi connectivity index (χ3v) is 3.73. The van der Waals surface area contributed by atoms with Gasteiger partial charge in [-0.1, -0.05) is 6.07 Å². The Bertz CT molecular complexity index is 468. The van der Waals surface area contributed by atoms with E-state index in [4.69, 9.17) is 5.11 Å². The highest BCUT2D eigenvalue weighted by Crippen LogP contribution is 2.26. The molecule has 6 heteroatoms. The fourth-order valence-electron chi connectivity index (χ4n) is 2.59. The van der Waals surface area contributed by atoms with E-state index in [0.717, 1.165) is 0 Å². The van der Waals surface area contributed by atoms with E-state index >= 15 is 0 Å². The summed E-state index contributed by atoms with van der Waals surface area (Å²) in [6, 6.07) is 3.51. The molecular formula is C14H18F2N2O2. The molecule has 2 rings (SSSR count). The SMILES string of the molecule is CC(c1c(F)cccc1F)N1CCN(CC(=O)O)CC1. The van der Waals surface area contributed by atoms with Crippen LogP contribution in [-0.4, -0.2) is 53.6 Å². The molecule has 4 nitrogen and oxygen atoms in total. The third kappa shape index (κ3) is 3.32. The second kappa shape index (κ2) is 6.28. The molecule has 0 amide bonds. The molecular weight excluding hydrogens is 266 g/mol. The Kier molecular flexibility index (Phi) is 4.67. The Morgan fingerprint density at radius 1 is 1.25 bits per heavy atom. The van der Waals surface area contributed by atoms with Crippen LogP contribution >= 0.6 is 0 Å². The second-order valence-electron chi connectivity index (χ2n) is 5.02. The smallest absolute Gasteiger partial charge is 0.317 e. The van der Waals surface area contributed by atoms with Crippen molar-refractivity contribution in [1.29, 1.82) is 0 Å². The Balaban J connectivity index is 2.01. The average molecular weight is 284 g/mol. The minimum Gasteiger partial charge on any atom is -0.480 e. The van der Waals surface area contributed by atoms with E-state index in [0.29, 0.717) is 26.2 Å². The van der Waals surface area contributed by atoms with Crippen molar-refractivity contribution in [3.63, 3.8) is 0 Å². The van der Waals surface area contributed by atoms with Gasteiger partial charge in [0.25, 0.3) is 0 Å². The standard InChI is InChI=1S/C14H18F2N2O2/c1-10(14-11(15)3-2-4-12(14)16)18-7-5-17(6-8-18)9-13(19)20/h2-4,10H,5-9H2,1H3,(H,19,20). The number of carbonyl (C=O) groups is 1. The molecule has 1 fully saturated rings. The lowest BCUT2D eigenvalue weighted by molar-refractivity contribution is -0.138. The summed E-state index contributed by atoms with van der Waals surface area (Å²) in [5, 5.41) is 8.74. The van der Waals surface area contributed by atoms with Crippen LogP contribution in [0.3, 0.4) is 0 Å². The van der Waals surface area contributed by atoms with Gasteiger partial charge in [-0.2, -0.15) is 0 Å². The van der Waals surface area contributed by atoms with Crippen molar-refractivity contribution in [2.24, 2.45) is 0 Å². The highest BCUT2D eigenvalue weighted by molar-refractivity contribution is 5.69. The van der Waals surface area contributed by atoms with Crippen molar-refractivity contribution in [3.05, 3.63) is 35.4 Å². The van der Waals surface area contributed by atoms with Crippen molar-refractivity contribution in [1.82, 2.24) is 9.80 Å². The van der Waals surface area contributed by atoms with Gasteiger partial charge in [0.05, 0.1) is 6.54 Å². The highest BCUT2D eigenvalue weighted by Gasteiger charge is 2.26. The number of piperazine rings is 1. The fourth-order valence-corrected chi connectivity index (χ4v) is 2.59. The number of rotatable bonds is 4. The summed E-state index contributed by atoms with van der Waals surface area (Å²) in [7, 11) is 0. The largest absolute Gasteiger partial charge is 0.480 e.